The molecule has 0 aromatic carbocycles. The summed E-state index contributed by atoms with van der Waals surface area (Å²) in [6, 6.07) is -0.0747. The van der Waals surface area contributed by atoms with Gasteiger partial charge in [0.05, 0.1) is 17.4 Å². The van der Waals surface area contributed by atoms with E-state index in [0.29, 0.717) is 24.3 Å². The molecule has 3 aliphatic carbocycles. The van der Waals surface area contributed by atoms with Crippen LogP contribution in [0.3, 0.4) is 0 Å². The maximum absolute atomic E-state index is 12.3. The standard InChI is InChI=1S/C11H17NO3S/c13-11-6-3-7-5-12(10(11)9(7)4-6)16(14,15)8-1-2-8/h6-11,13H,1-5H2/t6-,7-,9+,10-,11-/m0/s1. The van der Waals surface area contributed by atoms with Gasteiger partial charge in [-0.05, 0) is 43.4 Å². The van der Waals surface area contributed by atoms with Gasteiger partial charge in [0.25, 0.3) is 0 Å². The highest BCUT2D eigenvalue weighted by molar-refractivity contribution is 7.90. The molecule has 1 aliphatic heterocycles. The van der Waals surface area contributed by atoms with Crippen LogP contribution in [0.15, 0.2) is 0 Å². The summed E-state index contributed by atoms with van der Waals surface area (Å²) in [7, 11) is -3.09. The first kappa shape index (κ1) is 9.85. The van der Waals surface area contributed by atoms with Crippen LogP contribution in [0.2, 0.25) is 0 Å². The molecule has 0 radical (unpaired) electrons. The topological polar surface area (TPSA) is 57.6 Å². The van der Waals surface area contributed by atoms with Gasteiger partial charge in [0.2, 0.25) is 10.0 Å². The molecule has 2 bridgehead atoms. The number of aliphatic hydroxyl groups excluding tert-OH is 1. The molecule has 4 aliphatic rings. The van der Waals surface area contributed by atoms with Crippen molar-refractivity contribution >= 4 is 10.0 Å². The highest BCUT2D eigenvalue weighted by atomic mass is 32.2. The quantitative estimate of drug-likeness (QED) is 0.752. The van der Waals surface area contributed by atoms with E-state index in [9.17, 15) is 13.5 Å². The molecule has 5 heteroatoms. The van der Waals surface area contributed by atoms with Crippen LogP contribution in [-0.4, -0.2) is 41.8 Å². The number of hydrogen-bond acceptors (Lipinski definition) is 3. The van der Waals surface area contributed by atoms with Crippen LogP contribution in [0, 0.1) is 17.8 Å². The predicted molar refractivity (Wildman–Crippen MR) is 58.1 cm³/mol. The van der Waals surface area contributed by atoms with E-state index in [0.717, 1.165) is 25.7 Å². The SMILES string of the molecule is O=S(=O)(C1CC1)N1C[C@@H]2C[C@H]3C[C@H]2[C@H]1[C@H]3O. The van der Waals surface area contributed by atoms with Crippen LogP contribution in [-0.2, 0) is 10.0 Å². The maximum atomic E-state index is 12.3. The fourth-order valence-corrected chi connectivity index (χ4v) is 6.34. The molecule has 90 valence electrons. The Hall–Kier alpha value is -0.130. The molecule has 4 rings (SSSR count). The van der Waals surface area contributed by atoms with Gasteiger partial charge in [0, 0.05) is 6.54 Å². The van der Waals surface area contributed by atoms with Crippen molar-refractivity contribution in [1.29, 1.82) is 0 Å². The molecule has 1 saturated heterocycles. The van der Waals surface area contributed by atoms with E-state index in [1.807, 2.05) is 0 Å². The van der Waals surface area contributed by atoms with Crippen LogP contribution in [0.5, 0.6) is 0 Å². The first-order chi connectivity index (χ1) is 7.59. The fraction of sp³-hybridized carbons (Fsp3) is 1.00. The number of rotatable bonds is 2. The molecule has 0 aromatic heterocycles. The molecule has 5 atom stereocenters. The monoisotopic (exact) mass is 243 g/mol. The molecule has 0 amide bonds. The minimum atomic E-state index is -3.09. The number of hydrogen-bond donors (Lipinski definition) is 1. The molecule has 0 unspecified atom stereocenters. The molecule has 16 heavy (non-hydrogen) atoms. The summed E-state index contributed by atoms with van der Waals surface area (Å²) in [5, 5.41) is 10.0. The van der Waals surface area contributed by atoms with Crippen LogP contribution in [0.4, 0.5) is 0 Å². The lowest BCUT2D eigenvalue weighted by Gasteiger charge is -2.28. The Labute approximate surface area is 95.7 Å². The third kappa shape index (κ3) is 1.05. The lowest BCUT2D eigenvalue weighted by atomic mass is 9.88. The van der Waals surface area contributed by atoms with E-state index in [1.165, 1.54) is 0 Å². The molecular formula is C11H17NO3S. The van der Waals surface area contributed by atoms with E-state index in [2.05, 4.69) is 0 Å². The molecule has 1 heterocycles. The second-order valence-corrected chi connectivity index (χ2v) is 8.12. The summed E-state index contributed by atoms with van der Waals surface area (Å²) in [5.74, 6) is 1.36. The molecular weight excluding hydrogens is 226 g/mol. The van der Waals surface area contributed by atoms with E-state index in [1.54, 1.807) is 4.31 Å². The van der Waals surface area contributed by atoms with E-state index in [4.69, 9.17) is 0 Å². The highest BCUT2D eigenvalue weighted by Crippen LogP contribution is 2.56. The van der Waals surface area contributed by atoms with E-state index < -0.39 is 16.1 Å². The first-order valence-electron chi connectivity index (χ1n) is 6.28. The minimum absolute atomic E-state index is 0.0747. The third-order valence-electron chi connectivity index (χ3n) is 5.08. The third-order valence-corrected chi connectivity index (χ3v) is 7.44. The normalized spacial score (nSPS) is 51.4. The molecule has 0 spiro atoms. The van der Waals surface area contributed by atoms with E-state index in [-0.39, 0.29) is 11.3 Å². The smallest absolute Gasteiger partial charge is 0.217 e. The summed E-state index contributed by atoms with van der Waals surface area (Å²) in [6.07, 6.45) is 3.34. The maximum Gasteiger partial charge on any atom is 0.217 e. The Bertz CT molecular complexity index is 429. The molecule has 1 N–H and O–H groups in total. The van der Waals surface area contributed by atoms with Crippen molar-refractivity contribution in [3.8, 4) is 0 Å². The van der Waals surface area contributed by atoms with Gasteiger partial charge in [0.15, 0.2) is 0 Å². The Morgan fingerprint density at radius 1 is 1.12 bits per heavy atom. The zero-order valence-corrected chi connectivity index (χ0v) is 9.94. The van der Waals surface area contributed by atoms with Crippen molar-refractivity contribution in [3.05, 3.63) is 0 Å². The molecule has 4 fully saturated rings. The van der Waals surface area contributed by atoms with Crippen molar-refractivity contribution in [3.63, 3.8) is 0 Å². The van der Waals surface area contributed by atoms with Crippen molar-refractivity contribution in [1.82, 2.24) is 4.31 Å². The number of sulfonamides is 1. The Morgan fingerprint density at radius 2 is 1.88 bits per heavy atom. The number of nitrogens with zero attached hydrogens (tertiary/aromatic N) is 1. The van der Waals surface area contributed by atoms with Crippen molar-refractivity contribution in [2.45, 2.75) is 43.1 Å². The summed E-state index contributed by atoms with van der Waals surface area (Å²) in [6.45, 7) is 0.682. The lowest BCUT2D eigenvalue weighted by Crippen LogP contribution is -2.44. The fourth-order valence-electron chi connectivity index (χ4n) is 4.21. The summed E-state index contributed by atoms with van der Waals surface area (Å²) in [5.41, 5.74) is 0. The Kier molecular flexibility index (Phi) is 1.73. The lowest BCUT2D eigenvalue weighted by molar-refractivity contribution is 0.0730. The number of fused-ring (bicyclic) bond motifs is 1. The van der Waals surface area contributed by atoms with Gasteiger partial charge in [-0.15, -0.1) is 0 Å². The number of aliphatic hydroxyl groups is 1. The van der Waals surface area contributed by atoms with Gasteiger partial charge >= 0.3 is 0 Å². The van der Waals surface area contributed by atoms with Gasteiger partial charge in [-0.2, -0.15) is 4.31 Å². The summed E-state index contributed by atoms with van der Waals surface area (Å²) in [4.78, 5) is 0. The highest BCUT2D eigenvalue weighted by Gasteiger charge is 2.62. The zero-order valence-electron chi connectivity index (χ0n) is 9.12. The average Bonchev–Trinajstić information content (AvgIpc) is 2.85. The second-order valence-electron chi connectivity index (χ2n) is 5.95. The van der Waals surface area contributed by atoms with Gasteiger partial charge in [-0.25, -0.2) is 8.42 Å². The van der Waals surface area contributed by atoms with Crippen LogP contribution in [0.25, 0.3) is 0 Å². The zero-order chi connectivity index (χ0) is 11.1. The van der Waals surface area contributed by atoms with Gasteiger partial charge in [-0.1, -0.05) is 0 Å². The first-order valence-corrected chi connectivity index (χ1v) is 7.78. The van der Waals surface area contributed by atoms with Crippen molar-refractivity contribution < 1.29 is 13.5 Å². The van der Waals surface area contributed by atoms with Crippen LogP contribution < -0.4 is 0 Å². The van der Waals surface area contributed by atoms with Crippen molar-refractivity contribution in [2.75, 3.05) is 6.54 Å². The minimum Gasteiger partial charge on any atom is -0.391 e. The molecule has 0 aromatic rings. The molecule has 3 saturated carbocycles. The van der Waals surface area contributed by atoms with E-state index >= 15 is 0 Å². The van der Waals surface area contributed by atoms with Crippen molar-refractivity contribution in [2.24, 2.45) is 17.8 Å². The average molecular weight is 243 g/mol. The predicted octanol–water partition coefficient (Wildman–Crippen LogP) is 0.180. The largest absolute Gasteiger partial charge is 0.391 e. The Morgan fingerprint density at radius 3 is 2.50 bits per heavy atom. The van der Waals surface area contributed by atoms with Gasteiger partial charge in [-0.3, -0.25) is 0 Å². The van der Waals surface area contributed by atoms with Gasteiger partial charge in [0.1, 0.15) is 0 Å². The second kappa shape index (κ2) is 2.82. The van der Waals surface area contributed by atoms with Crippen LogP contribution in [0.1, 0.15) is 25.7 Å². The molecule has 4 nitrogen and oxygen atoms in total. The Balaban J connectivity index is 1.72. The summed E-state index contributed by atoms with van der Waals surface area (Å²) < 4.78 is 26.2. The summed E-state index contributed by atoms with van der Waals surface area (Å²) >= 11 is 0. The van der Waals surface area contributed by atoms with Gasteiger partial charge < -0.3 is 5.11 Å². The van der Waals surface area contributed by atoms with Crippen LogP contribution >= 0.6 is 0 Å².